The van der Waals surface area contributed by atoms with Gasteiger partial charge in [0, 0.05) is 141 Å². The van der Waals surface area contributed by atoms with Crippen LogP contribution >= 0.6 is 22.7 Å². The van der Waals surface area contributed by atoms with Gasteiger partial charge in [-0.3, -0.25) is 0 Å². The Bertz CT molecular complexity index is 7250. The van der Waals surface area contributed by atoms with E-state index in [1.807, 2.05) is 83.3 Å². The monoisotopic (exact) mass is 1520 g/mol. The lowest BCUT2D eigenvalue weighted by Gasteiger charge is -2.23. The number of benzene rings is 16. The number of ether oxygens (including phenoxy) is 2. The fourth-order valence-electron chi connectivity index (χ4n) is 17.3. The van der Waals surface area contributed by atoms with E-state index in [2.05, 4.69) is 358 Å². The van der Waals surface area contributed by atoms with Crippen LogP contribution in [0.4, 0.5) is 34.1 Å². The molecule has 0 radical (unpaired) electrons. The van der Waals surface area contributed by atoms with Crippen molar-refractivity contribution in [1.29, 1.82) is 0 Å². The molecule has 7 nitrogen and oxygen atoms in total. The Morgan fingerprint density at radius 3 is 1.59 bits per heavy atom. The summed E-state index contributed by atoms with van der Waals surface area (Å²) < 4.78 is 26.7. The highest BCUT2D eigenvalue weighted by Gasteiger charge is 2.37. The van der Waals surface area contributed by atoms with Crippen molar-refractivity contribution >= 4 is 136 Å². The van der Waals surface area contributed by atoms with Crippen molar-refractivity contribution in [3.63, 3.8) is 0 Å². The molecule has 3 N–H and O–H groups in total. The van der Waals surface area contributed by atoms with Crippen molar-refractivity contribution in [2.24, 2.45) is 0 Å². The predicted octanol–water partition coefficient (Wildman–Crippen LogP) is 31.0. The quantitative estimate of drug-likeness (QED) is 0.120. The van der Waals surface area contributed by atoms with Gasteiger partial charge in [-0.15, -0.1) is 22.7 Å². The molecular weight excluding hydrogens is 1440 g/mol. The summed E-state index contributed by atoms with van der Waals surface area (Å²) in [4.78, 5) is 0. The molecule has 2 aliphatic carbocycles. The summed E-state index contributed by atoms with van der Waals surface area (Å²) in [6, 6.07) is 124. The van der Waals surface area contributed by atoms with Gasteiger partial charge in [0.1, 0.15) is 11.2 Å². The SMILES string of the molecule is CC1(C)C=Cc2cc(Nc3cc(-c4ccc(-c5ccccc5)cc4)c4sc5ccccc5c4c3)ccc21.CC1(C)c2ccccc2-c2c(Nc3cc(-c4ccccc4)c4sc5ccccc5c4c3)cccc21.c1ccc(-n2ccc3ccc(Nc4cc(-c5cccc6c5Oc5ccccc5O6)c5oc6ccccc6c5c4)cc32)cc1. The highest BCUT2D eigenvalue weighted by atomic mass is 32.1. The van der Waals surface area contributed by atoms with Crippen LogP contribution in [-0.2, 0) is 10.8 Å². The number of para-hydroxylation sites is 5. The number of aromatic nitrogens is 1. The van der Waals surface area contributed by atoms with Crippen molar-refractivity contribution in [3.8, 4) is 84.3 Å². The smallest absolute Gasteiger partial charge is 0.178 e. The fourth-order valence-corrected chi connectivity index (χ4v) is 19.7. The number of thiophene rings is 2. The zero-order valence-electron chi connectivity index (χ0n) is 63.7. The molecule has 3 aliphatic rings. The second kappa shape index (κ2) is 28.0. The third-order valence-corrected chi connectivity index (χ3v) is 25.4. The van der Waals surface area contributed by atoms with E-state index in [4.69, 9.17) is 13.9 Å². The van der Waals surface area contributed by atoms with Crippen LogP contribution in [0.25, 0.3) is 141 Å². The van der Waals surface area contributed by atoms with Crippen LogP contribution in [0.5, 0.6) is 23.0 Å². The van der Waals surface area contributed by atoms with Gasteiger partial charge in [-0.1, -0.05) is 270 Å². The first-order valence-corrected chi connectivity index (χ1v) is 40.8. The molecule has 0 saturated heterocycles. The first kappa shape index (κ1) is 69.0. The van der Waals surface area contributed by atoms with E-state index in [9.17, 15) is 0 Å². The van der Waals surface area contributed by atoms with Gasteiger partial charge < -0.3 is 34.4 Å². The molecule has 9 heteroatoms. The first-order valence-electron chi connectivity index (χ1n) is 39.1. The normalized spacial score (nSPS) is 13.1. The van der Waals surface area contributed by atoms with Crippen molar-refractivity contribution in [3.05, 3.63) is 386 Å². The standard InChI is InChI=1S/C38H24N2O3.C35H27NS.C33H25NS/c1-2-9-27(10-3-1)40-20-19-24-17-18-25(23-32(24)40)39-26-21-30-28-11-4-5-13-33(28)42-37(30)31(22-26)29-12-8-16-36-38(29)43-35-15-7-6-14-34(35)41-36;1-35(2)19-18-26-20-27(16-17-32(26)35)36-28-21-30(34-31(22-28)29-10-6-7-11-33(29)37-34)25-14-12-24(13-15-25)23-8-4-3-5-9-23;1-33(2)27-15-8-6-14-24(27)31-28(33)16-10-17-29(31)34-22-19-25(21-11-4-3-5-12-21)32-26(20-22)23-13-7-9-18-30(23)35-32/h1-23,39H;3-22,36H,1-2H3;3-20,34H,1-2H3. The largest absolute Gasteiger partial charge is 0.455 e. The Labute approximate surface area is 674 Å². The lowest BCUT2D eigenvalue weighted by Crippen LogP contribution is -2.14. The number of hydrogen-bond acceptors (Lipinski definition) is 8. The van der Waals surface area contributed by atoms with Gasteiger partial charge in [0.15, 0.2) is 23.0 Å². The van der Waals surface area contributed by atoms with E-state index in [1.54, 1.807) is 0 Å². The van der Waals surface area contributed by atoms with Gasteiger partial charge in [0.25, 0.3) is 0 Å². The van der Waals surface area contributed by atoms with Crippen molar-refractivity contribution in [2.75, 3.05) is 16.0 Å². The second-order valence-corrected chi connectivity index (χ2v) is 33.1. The van der Waals surface area contributed by atoms with Crippen LogP contribution in [0.1, 0.15) is 49.9 Å². The molecule has 0 unspecified atom stereocenters. The molecule has 20 aromatic rings. The zero-order valence-corrected chi connectivity index (χ0v) is 65.3. The van der Waals surface area contributed by atoms with Gasteiger partial charge in [-0.2, -0.15) is 0 Å². The van der Waals surface area contributed by atoms with Crippen molar-refractivity contribution in [1.82, 2.24) is 4.57 Å². The number of hydrogen-bond donors (Lipinski definition) is 3. The Kier molecular flexibility index (Phi) is 16.8. The molecule has 4 aromatic heterocycles. The van der Waals surface area contributed by atoms with E-state index in [-0.39, 0.29) is 10.8 Å². The van der Waals surface area contributed by atoms with Crippen LogP contribution in [0.3, 0.4) is 0 Å². The molecule has 0 atom stereocenters. The van der Waals surface area contributed by atoms with Crippen LogP contribution in [0.15, 0.2) is 369 Å². The first-order chi connectivity index (χ1) is 56.4. The number of nitrogens with zero attached hydrogens (tertiary/aromatic N) is 1. The van der Waals surface area contributed by atoms with E-state index in [0.29, 0.717) is 23.0 Å². The molecule has 0 bridgehead atoms. The van der Waals surface area contributed by atoms with E-state index < -0.39 is 0 Å². The number of nitrogens with one attached hydrogen (secondary N) is 3. The molecule has 0 amide bonds. The second-order valence-electron chi connectivity index (χ2n) is 31.0. The molecule has 550 valence electrons. The molecule has 5 heterocycles. The van der Waals surface area contributed by atoms with E-state index >= 15 is 0 Å². The molecule has 0 saturated carbocycles. The summed E-state index contributed by atoms with van der Waals surface area (Å²) >= 11 is 3.76. The molecular formula is C106H76N4O3S2. The lowest BCUT2D eigenvalue weighted by atomic mass is 9.82. The van der Waals surface area contributed by atoms with Gasteiger partial charge in [0.2, 0.25) is 0 Å². The average molecular weight is 1520 g/mol. The number of anilines is 6. The molecule has 115 heavy (non-hydrogen) atoms. The minimum Gasteiger partial charge on any atom is -0.455 e. The van der Waals surface area contributed by atoms with Crippen LogP contribution in [-0.4, -0.2) is 4.57 Å². The van der Waals surface area contributed by atoms with Gasteiger partial charge >= 0.3 is 0 Å². The predicted molar refractivity (Wildman–Crippen MR) is 486 cm³/mol. The summed E-state index contributed by atoms with van der Waals surface area (Å²) in [5.41, 5.74) is 27.9. The topological polar surface area (TPSA) is 72.6 Å². The van der Waals surface area contributed by atoms with Crippen LogP contribution in [0, 0.1) is 0 Å². The molecule has 1 aliphatic heterocycles. The Morgan fingerprint density at radius 1 is 0.339 bits per heavy atom. The third-order valence-electron chi connectivity index (χ3n) is 23.0. The Balaban J connectivity index is 0.000000109. The lowest BCUT2D eigenvalue weighted by molar-refractivity contribution is 0.361. The van der Waals surface area contributed by atoms with E-state index in [0.717, 1.165) is 72.7 Å². The molecule has 0 spiro atoms. The minimum atomic E-state index is -0.00761. The maximum Gasteiger partial charge on any atom is 0.178 e. The average Bonchev–Trinajstić information content (AvgIpc) is 1.54. The van der Waals surface area contributed by atoms with E-state index in [1.165, 1.54) is 118 Å². The summed E-state index contributed by atoms with van der Waals surface area (Å²) in [6.45, 7) is 9.21. The number of furan rings is 1. The van der Waals surface area contributed by atoms with Crippen molar-refractivity contribution < 1.29 is 13.9 Å². The molecule has 16 aromatic carbocycles. The van der Waals surface area contributed by atoms with Crippen molar-refractivity contribution in [2.45, 2.75) is 38.5 Å². The molecule has 23 rings (SSSR count). The summed E-state index contributed by atoms with van der Waals surface area (Å²) in [5, 5.41) is 19.8. The number of allylic oxidation sites excluding steroid dienone is 1. The van der Waals surface area contributed by atoms with Gasteiger partial charge in [-0.25, -0.2) is 0 Å². The Hall–Kier alpha value is -14.0. The summed E-state index contributed by atoms with van der Waals surface area (Å²) in [7, 11) is 0. The van der Waals surface area contributed by atoms with Gasteiger partial charge in [0.05, 0.1) is 5.52 Å². The van der Waals surface area contributed by atoms with Crippen LogP contribution in [0.2, 0.25) is 0 Å². The zero-order chi connectivity index (χ0) is 76.9. The Morgan fingerprint density at radius 2 is 0.870 bits per heavy atom. The third kappa shape index (κ3) is 12.4. The summed E-state index contributed by atoms with van der Waals surface area (Å²) in [6.07, 6.45) is 6.66. The maximum absolute atomic E-state index is 6.49. The van der Waals surface area contributed by atoms with Gasteiger partial charge in [-0.05, 0) is 171 Å². The minimum absolute atomic E-state index is 0.00761. The number of rotatable bonds is 11. The summed E-state index contributed by atoms with van der Waals surface area (Å²) in [5.74, 6) is 2.73. The molecule has 0 fully saturated rings. The highest BCUT2D eigenvalue weighted by molar-refractivity contribution is 7.26. The van der Waals surface area contributed by atoms with Crippen LogP contribution < -0.4 is 25.4 Å². The maximum atomic E-state index is 6.49. The number of fused-ring (bicyclic) bond motifs is 16. The highest BCUT2D eigenvalue weighted by Crippen LogP contribution is 2.55. The fraction of sp³-hybridized carbons (Fsp3) is 0.0566.